The first-order valence-electron chi connectivity index (χ1n) is 53.3. The number of rotatable bonds is 33. The van der Waals surface area contributed by atoms with E-state index in [4.69, 9.17) is 42.6 Å². The minimum absolute atomic E-state index is 0.869. The lowest BCUT2D eigenvalue weighted by atomic mass is 9.97. The van der Waals surface area contributed by atoms with Crippen LogP contribution in [0, 0.1) is 0 Å². The van der Waals surface area contributed by atoms with Crippen molar-refractivity contribution in [3.8, 4) is 185 Å². The molecule has 0 amide bonds. The largest absolute Gasteiger partial charge is 0.496 e. The summed E-state index contributed by atoms with van der Waals surface area (Å²) in [6, 6.07) is 136. The Labute approximate surface area is 894 Å². The highest BCUT2D eigenvalue weighted by molar-refractivity contribution is 5.83. The first-order valence-corrected chi connectivity index (χ1v) is 53.3. The summed E-state index contributed by atoms with van der Waals surface area (Å²) in [5.41, 5.74) is 43.8. The zero-order valence-corrected chi connectivity index (χ0v) is 92.0. The third kappa shape index (κ3) is 28.8. The Morgan fingerprint density at radius 2 is 0.267 bits per heavy atom. The van der Waals surface area contributed by atoms with Gasteiger partial charge in [0.1, 0.15) is 51.7 Å². The molecule has 0 saturated heterocycles. The number of ether oxygens (including phenoxy) is 9. The van der Waals surface area contributed by atoms with Gasteiger partial charge in [-0.2, -0.15) is 0 Å². The van der Waals surface area contributed by atoms with Crippen LogP contribution >= 0.6 is 0 Å². The Balaban J connectivity index is 0.000000150. The molecule has 0 bridgehead atoms. The van der Waals surface area contributed by atoms with E-state index in [1.807, 2.05) is 0 Å². The van der Waals surface area contributed by atoms with Crippen molar-refractivity contribution in [1.82, 2.24) is 0 Å². The van der Waals surface area contributed by atoms with Gasteiger partial charge in [-0.15, -0.1) is 0 Å². The van der Waals surface area contributed by atoms with Crippen LogP contribution in [0.4, 0.5) is 0 Å². The zero-order chi connectivity index (χ0) is 106. The van der Waals surface area contributed by atoms with Crippen LogP contribution in [0.15, 0.2) is 382 Å². The van der Waals surface area contributed by atoms with Gasteiger partial charge in [-0.05, 0) is 299 Å². The summed E-state index contributed by atoms with van der Waals surface area (Å²) in [7, 11) is 15.5. The molecule has 9 nitrogen and oxygen atoms in total. The van der Waals surface area contributed by atoms with Gasteiger partial charge in [0.2, 0.25) is 0 Å². The first kappa shape index (κ1) is 111. The predicted molar refractivity (Wildman–Crippen MR) is 635 cm³/mol. The van der Waals surface area contributed by atoms with E-state index in [0.29, 0.717) is 0 Å². The standard InChI is InChI=1S/3C24H26O2.3C23H24O/c1-5-17-7-14-22(24(15-17)26-4)20-11-9-19(10-12-20)21-13-8-18(6-2)23(16-21)25-3;1-5-17-7-10-19(11-8-17)21-14-12-20(16-24(21)26-4)22-13-9-18(6-2)15-23(22)25-3;1-5-17-7-9-18(10-8-17)19-11-13-20(14-12-19)21-15-23(25-3)22(6-2)24(16-21)26-4;1-4-17-6-10-19(11-7-17)21-14-15-22(23(16-21)24-3)20-12-8-18(5-2)9-13-20;1-4-17-6-9-19(10-7-17)20-11-13-21(14-12-20)22-15-8-18(5-2)16-23(22)24-3;1-4-17-6-8-19(9-7-17)20-11-13-21(14-12-20)22-15-10-18(5-2)23(16-22)24-3/h3*7-16H,5-6H2,1-4H3;3*6-16H,4-5H2,1-3H3. The molecule has 768 valence electrons. The molecule has 0 saturated carbocycles. The minimum atomic E-state index is 0.869. The third-order valence-corrected chi connectivity index (χ3v) is 28.3. The SMILES string of the molecule is CCc1ccc(-c2ccc(-c3cc(OC)c(CC)c(OC)c3)cc2)cc1.CCc1ccc(-c2ccc(-c3ccc(CC)c(OC)c3)cc2)c(OC)c1.CCc1ccc(-c2ccc(-c3ccc(CC)c(OC)c3)cc2)cc1.CCc1ccc(-c2ccc(-c3ccc(CC)cc3)c(OC)c2)cc1.CCc1ccc(-c2ccc(-c3ccc(CC)cc3OC)cc2)cc1.CCc1ccc(-c2ccc(-c3ccc(CC)cc3OC)cc2OC)cc1. The van der Waals surface area contributed by atoms with Crippen molar-refractivity contribution in [2.75, 3.05) is 64.0 Å². The number of hydrogen-bond acceptors (Lipinski definition) is 9. The van der Waals surface area contributed by atoms with E-state index in [0.717, 1.165) is 184 Å². The highest BCUT2D eigenvalue weighted by Crippen LogP contribution is 2.44. The lowest BCUT2D eigenvalue weighted by Gasteiger charge is -2.15. The van der Waals surface area contributed by atoms with Gasteiger partial charge in [0, 0.05) is 33.4 Å². The molecular formula is C141H150O9. The molecule has 0 N–H and O–H groups in total. The minimum Gasteiger partial charge on any atom is -0.496 e. The molecule has 9 heteroatoms. The highest BCUT2D eigenvalue weighted by atomic mass is 16.5. The molecule has 0 heterocycles. The van der Waals surface area contributed by atoms with Gasteiger partial charge in [0.15, 0.2) is 0 Å². The van der Waals surface area contributed by atoms with E-state index < -0.39 is 0 Å². The summed E-state index contributed by atoms with van der Waals surface area (Å²) in [6.07, 6.45) is 12.2. The van der Waals surface area contributed by atoms with E-state index >= 15 is 0 Å². The maximum atomic E-state index is 5.70. The van der Waals surface area contributed by atoms with Crippen molar-refractivity contribution in [3.05, 3.63) is 449 Å². The van der Waals surface area contributed by atoms with E-state index in [1.165, 1.54) is 145 Å². The van der Waals surface area contributed by atoms with Crippen LogP contribution in [0.25, 0.3) is 134 Å². The van der Waals surface area contributed by atoms with Gasteiger partial charge in [-0.1, -0.05) is 411 Å². The van der Waals surface area contributed by atoms with Crippen LogP contribution in [0.3, 0.4) is 0 Å². The van der Waals surface area contributed by atoms with Crippen LogP contribution in [-0.4, -0.2) is 64.0 Å². The summed E-state index contributed by atoms with van der Waals surface area (Å²) in [5.74, 6) is 8.21. The third-order valence-electron chi connectivity index (χ3n) is 28.3. The van der Waals surface area contributed by atoms with Crippen molar-refractivity contribution in [2.24, 2.45) is 0 Å². The monoisotopic (exact) mass is 1990 g/mol. The molecule has 0 aliphatic heterocycles. The lowest BCUT2D eigenvalue weighted by Crippen LogP contribution is -1.96. The van der Waals surface area contributed by atoms with E-state index in [1.54, 1.807) is 64.0 Å². The maximum absolute atomic E-state index is 5.70. The van der Waals surface area contributed by atoms with Crippen molar-refractivity contribution in [2.45, 2.75) is 160 Å². The first-order chi connectivity index (χ1) is 73.3. The summed E-state index contributed by atoms with van der Waals surface area (Å²) in [5, 5.41) is 0. The molecule has 0 aliphatic rings. The van der Waals surface area contributed by atoms with E-state index in [2.05, 4.69) is 465 Å². The second-order valence-electron chi connectivity index (χ2n) is 37.1. The Kier molecular flexibility index (Phi) is 41.8. The van der Waals surface area contributed by atoms with Crippen LogP contribution in [0.2, 0.25) is 0 Å². The molecule has 0 atom stereocenters. The zero-order valence-electron chi connectivity index (χ0n) is 92.0. The van der Waals surface area contributed by atoms with Gasteiger partial charge in [0.05, 0.1) is 64.0 Å². The molecule has 0 aromatic heterocycles. The summed E-state index contributed by atoms with van der Waals surface area (Å²) >= 11 is 0. The molecule has 18 aromatic rings. The molecule has 0 fully saturated rings. The van der Waals surface area contributed by atoms with Crippen molar-refractivity contribution in [3.63, 3.8) is 0 Å². The lowest BCUT2D eigenvalue weighted by molar-refractivity contribution is 0.386. The Hall–Kier alpha value is -15.8. The average Bonchev–Trinajstić information content (AvgIpc) is 0.787. The molecule has 18 aromatic carbocycles. The van der Waals surface area contributed by atoms with Gasteiger partial charge >= 0.3 is 0 Å². The van der Waals surface area contributed by atoms with Crippen LogP contribution in [-0.2, 0) is 77.0 Å². The number of methoxy groups -OCH3 is 9. The molecule has 0 radical (unpaired) electrons. The number of benzene rings is 18. The molecule has 18 rings (SSSR count). The average molecular weight is 1990 g/mol. The number of aryl methyl sites for hydroxylation is 11. The Bertz CT molecular complexity index is 7260. The van der Waals surface area contributed by atoms with Crippen LogP contribution < -0.4 is 42.6 Å². The quantitative estimate of drug-likeness (QED) is 0.0399. The van der Waals surface area contributed by atoms with E-state index in [9.17, 15) is 0 Å². The number of hydrogen-bond donors (Lipinski definition) is 0. The summed E-state index contributed by atoms with van der Waals surface area (Å²) in [4.78, 5) is 0. The fourth-order valence-electron chi connectivity index (χ4n) is 18.7. The Morgan fingerprint density at radius 3 is 0.493 bits per heavy atom. The summed E-state index contributed by atoms with van der Waals surface area (Å²) in [6.45, 7) is 25.9. The fourth-order valence-corrected chi connectivity index (χ4v) is 18.7. The second kappa shape index (κ2) is 56.4. The smallest absolute Gasteiger partial charge is 0.127 e. The molecular weight excluding hydrogens is 1840 g/mol. The Morgan fingerprint density at radius 1 is 0.113 bits per heavy atom. The van der Waals surface area contributed by atoms with Crippen LogP contribution in [0.5, 0.6) is 51.7 Å². The normalized spacial score (nSPS) is 10.6. The maximum Gasteiger partial charge on any atom is 0.127 e. The van der Waals surface area contributed by atoms with Gasteiger partial charge < -0.3 is 42.6 Å². The molecule has 150 heavy (non-hydrogen) atoms. The fraction of sp³-hybridized carbons (Fsp3) is 0.234. The van der Waals surface area contributed by atoms with E-state index in [-0.39, 0.29) is 0 Å². The molecule has 0 aliphatic carbocycles. The van der Waals surface area contributed by atoms with Crippen molar-refractivity contribution >= 4 is 0 Å². The van der Waals surface area contributed by atoms with Crippen molar-refractivity contribution < 1.29 is 42.6 Å². The summed E-state index contributed by atoms with van der Waals surface area (Å²) < 4.78 is 50.3. The predicted octanol–water partition coefficient (Wildman–Crippen LogP) is 36.9. The van der Waals surface area contributed by atoms with Gasteiger partial charge in [-0.25, -0.2) is 0 Å². The van der Waals surface area contributed by atoms with Crippen molar-refractivity contribution in [1.29, 1.82) is 0 Å². The molecule has 0 spiro atoms. The topological polar surface area (TPSA) is 83.1 Å². The van der Waals surface area contributed by atoms with Gasteiger partial charge in [0.25, 0.3) is 0 Å². The van der Waals surface area contributed by atoms with Crippen LogP contribution in [0.1, 0.15) is 150 Å². The highest BCUT2D eigenvalue weighted by Gasteiger charge is 2.19. The van der Waals surface area contributed by atoms with Gasteiger partial charge in [-0.3, -0.25) is 0 Å². The second-order valence-corrected chi connectivity index (χ2v) is 37.1. The molecule has 0 unspecified atom stereocenters.